The average Bonchev–Trinajstić information content (AvgIpc) is 3.08. The van der Waals surface area contributed by atoms with Crippen molar-refractivity contribution < 1.29 is 9.74 Å². The van der Waals surface area contributed by atoms with Gasteiger partial charge in [-0.15, -0.1) is 10.2 Å². The second-order valence-corrected chi connectivity index (χ2v) is 4.41. The van der Waals surface area contributed by atoms with Gasteiger partial charge in [0.15, 0.2) is 11.5 Å². The Morgan fingerprint density at radius 1 is 1.09 bits per heavy atom. The molecular weight excluding hydrogens is 288 g/mol. The van der Waals surface area contributed by atoms with E-state index in [1.807, 2.05) is 18.2 Å². The lowest BCUT2D eigenvalue weighted by Gasteiger charge is -1.95. The molecule has 0 saturated heterocycles. The van der Waals surface area contributed by atoms with Gasteiger partial charge in [0.25, 0.3) is 0 Å². The molecule has 3 heterocycles. The van der Waals surface area contributed by atoms with Crippen LogP contribution >= 0.6 is 0 Å². The third-order valence-electron chi connectivity index (χ3n) is 3.03. The van der Waals surface area contributed by atoms with Crippen molar-refractivity contribution in [2.45, 2.75) is 0 Å². The van der Waals surface area contributed by atoms with Gasteiger partial charge in [0, 0.05) is 5.39 Å². The van der Waals surface area contributed by atoms with Gasteiger partial charge < -0.3 is 15.8 Å². The van der Waals surface area contributed by atoms with Crippen molar-refractivity contribution in [1.29, 1.82) is 0 Å². The lowest BCUT2D eigenvalue weighted by Crippen LogP contribution is -1.93. The summed E-state index contributed by atoms with van der Waals surface area (Å²) in [6, 6.07) is 7.29. The van der Waals surface area contributed by atoms with Gasteiger partial charge in [-0.25, -0.2) is 9.61 Å². The summed E-state index contributed by atoms with van der Waals surface area (Å²) in [5.41, 5.74) is 7.12. The highest BCUT2D eigenvalue weighted by atomic mass is 16.6. The molecule has 0 aliphatic heterocycles. The van der Waals surface area contributed by atoms with Crippen LogP contribution in [0.2, 0.25) is 0 Å². The van der Waals surface area contributed by atoms with E-state index in [1.54, 1.807) is 6.07 Å². The van der Waals surface area contributed by atoms with Crippen molar-refractivity contribution in [2.75, 3.05) is 5.73 Å². The molecule has 22 heavy (non-hydrogen) atoms. The third-order valence-corrected chi connectivity index (χ3v) is 3.03. The number of aromatic hydroxyl groups is 1. The van der Waals surface area contributed by atoms with Crippen molar-refractivity contribution in [3.05, 3.63) is 24.3 Å². The highest BCUT2D eigenvalue weighted by molar-refractivity contribution is 5.94. The summed E-state index contributed by atoms with van der Waals surface area (Å²) in [6.45, 7) is 0. The van der Waals surface area contributed by atoms with Gasteiger partial charge in [0.05, 0.1) is 5.52 Å². The van der Waals surface area contributed by atoms with Crippen LogP contribution in [0.25, 0.3) is 22.2 Å². The number of para-hydroxylation sites is 1. The van der Waals surface area contributed by atoms with Gasteiger partial charge in [-0.2, -0.15) is 4.98 Å². The predicted molar refractivity (Wildman–Crippen MR) is 75.9 cm³/mol. The molecular formula is C12H8N8O2. The van der Waals surface area contributed by atoms with Crippen LogP contribution in [-0.4, -0.2) is 30.4 Å². The minimum absolute atomic E-state index is 0.0336. The second kappa shape index (κ2) is 4.48. The fourth-order valence-electron chi connectivity index (χ4n) is 2.03. The third kappa shape index (κ3) is 1.82. The summed E-state index contributed by atoms with van der Waals surface area (Å²) in [7, 11) is 0. The van der Waals surface area contributed by atoms with E-state index in [0.717, 1.165) is 10.9 Å². The van der Waals surface area contributed by atoms with Gasteiger partial charge in [0.1, 0.15) is 0 Å². The number of nitrogens with two attached hydrogens (primary N) is 1. The number of aromatic amines is 1. The molecule has 0 amide bonds. The van der Waals surface area contributed by atoms with Crippen molar-refractivity contribution in [2.24, 2.45) is 10.2 Å². The van der Waals surface area contributed by atoms with E-state index in [1.165, 1.54) is 0 Å². The minimum atomic E-state index is -0.0966. The van der Waals surface area contributed by atoms with Crippen molar-refractivity contribution in [3.63, 3.8) is 0 Å². The van der Waals surface area contributed by atoms with Crippen molar-refractivity contribution >= 4 is 39.5 Å². The first-order valence-electron chi connectivity index (χ1n) is 6.19. The largest absolute Gasteiger partial charge is 0.493 e. The van der Waals surface area contributed by atoms with Crippen LogP contribution in [0.1, 0.15) is 0 Å². The number of nitrogens with zero attached hydrogens (tertiary/aromatic N) is 6. The molecule has 3 aromatic heterocycles. The van der Waals surface area contributed by atoms with Crippen molar-refractivity contribution in [3.8, 4) is 5.88 Å². The first-order valence-corrected chi connectivity index (χ1v) is 6.19. The number of fused-ring (bicyclic) bond motifs is 2. The molecule has 4 aromatic rings. The minimum Gasteiger partial charge on any atom is -0.493 e. The standard InChI is InChI=1S/C12H8N8O2/c13-8-9(16-11-10(15-8)19-22-20-11)18-17-7-5-3-1-2-4-6(5)14-12(7)21/h1-4,14,21H,(H2,13,15,19). The van der Waals surface area contributed by atoms with E-state index in [4.69, 9.17) is 5.73 Å². The Kier molecular flexibility index (Phi) is 2.48. The van der Waals surface area contributed by atoms with Crippen LogP contribution in [0.15, 0.2) is 39.1 Å². The van der Waals surface area contributed by atoms with Gasteiger partial charge >= 0.3 is 0 Å². The summed E-state index contributed by atoms with van der Waals surface area (Å²) in [6.07, 6.45) is 0. The normalized spacial score (nSPS) is 11.8. The molecule has 1 aromatic carbocycles. The van der Waals surface area contributed by atoms with Crippen LogP contribution in [-0.2, 0) is 0 Å². The summed E-state index contributed by atoms with van der Waals surface area (Å²) >= 11 is 0. The first-order chi connectivity index (χ1) is 10.7. The molecule has 0 unspecified atom stereocenters. The van der Waals surface area contributed by atoms with Crippen LogP contribution < -0.4 is 5.73 Å². The average molecular weight is 296 g/mol. The number of azo groups is 1. The number of aromatic nitrogens is 5. The zero-order valence-electron chi connectivity index (χ0n) is 10.9. The molecule has 0 aliphatic rings. The summed E-state index contributed by atoms with van der Waals surface area (Å²) in [4.78, 5) is 10.8. The Balaban J connectivity index is 1.81. The highest BCUT2D eigenvalue weighted by Crippen LogP contribution is 2.36. The molecule has 0 radical (unpaired) electrons. The molecule has 0 saturated carbocycles. The lowest BCUT2D eigenvalue weighted by atomic mass is 10.2. The van der Waals surface area contributed by atoms with Gasteiger partial charge in [-0.3, -0.25) is 0 Å². The van der Waals surface area contributed by atoms with Crippen LogP contribution in [0.4, 0.5) is 17.3 Å². The Hall–Kier alpha value is -3.56. The van der Waals surface area contributed by atoms with E-state index in [2.05, 4.69) is 40.1 Å². The van der Waals surface area contributed by atoms with Crippen LogP contribution in [0.3, 0.4) is 0 Å². The Morgan fingerprint density at radius 3 is 2.73 bits per heavy atom. The van der Waals surface area contributed by atoms with Crippen molar-refractivity contribution in [1.82, 2.24) is 25.3 Å². The fourth-order valence-corrected chi connectivity index (χ4v) is 2.03. The van der Waals surface area contributed by atoms with E-state index >= 15 is 0 Å². The maximum atomic E-state index is 9.91. The molecule has 0 atom stereocenters. The molecule has 4 N–H and O–H groups in total. The molecule has 4 rings (SSSR count). The Bertz CT molecular complexity index is 1020. The number of nitrogens with one attached hydrogen (secondary N) is 1. The maximum absolute atomic E-state index is 9.91. The van der Waals surface area contributed by atoms with Gasteiger partial charge in [-0.05, 0) is 16.4 Å². The predicted octanol–water partition coefficient (Wildman–Crippen LogP) is 2.20. The number of rotatable bonds is 2. The highest BCUT2D eigenvalue weighted by Gasteiger charge is 2.12. The van der Waals surface area contributed by atoms with E-state index in [9.17, 15) is 5.11 Å². The topological polar surface area (TPSA) is 151 Å². The smallest absolute Gasteiger partial charge is 0.245 e. The molecule has 108 valence electrons. The van der Waals surface area contributed by atoms with Crippen LogP contribution in [0.5, 0.6) is 5.88 Å². The fraction of sp³-hybridized carbons (Fsp3) is 0. The van der Waals surface area contributed by atoms with E-state index in [0.29, 0.717) is 0 Å². The summed E-state index contributed by atoms with van der Waals surface area (Å²) < 4.78 is 4.50. The molecule has 0 spiro atoms. The molecule has 10 heteroatoms. The number of hydrogen-bond donors (Lipinski definition) is 3. The second-order valence-electron chi connectivity index (χ2n) is 4.41. The van der Waals surface area contributed by atoms with Gasteiger partial charge in [0.2, 0.25) is 23.0 Å². The Morgan fingerprint density at radius 2 is 1.86 bits per heavy atom. The molecule has 0 fully saturated rings. The number of H-pyrrole nitrogens is 1. The quantitative estimate of drug-likeness (QED) is 0.479. The zero-order chi connectivity index (χ0) is 15.1. The SMILES string of the molecule is Nc1nc2nonc2nc1N=Nc1c(O)[nH]c2ccccc12. The monoisotopic (exact) mass is 296 g/mol. The zero-order valence-corrected chi connectivity index (χ0v) is 10.9. The van der Waals surface area contributed by atoms with E-state index in [-0.39, 0.29) is 34.5 Å². The Labute approximate surface area is 121 Å². The summed E-state index contributed by atoms with van der Waals surface area (Å²) in [5.74, 6) is -0.000163. The number of anilines is 1. The van der Waals surface area contributed by atoms with Crippen LogP contribution in [0, 0.1) is 0 Å². The number of hydrogen-bond acceptors (Lipinski definition) is 9. The maximum Gasteiger partial charge on any atom is 0.245 e. The number of benzene rings is 1. The molecule has 0 bridgehead atoms. The number of nitrogen functional groups attached to an aromatic ring is 1. The van der Waals surface area contributed by atoms with Gasteiger partial charge in [-0.1, -0.05) is 18.2 Å². The first kappa shape index (κ1) is 12.2. The lowest BCUT2D eigenvalue weighted by molar-refractivity contribution is 0.314. The van der Waals surface area contributed by atoms with E-state index < -0.39 is 0 Å². The molecule has 0 aliphatic carbocycles. The molecule has 10 nitrogen and oxygen atoms in total. The summed E-state index contributed by atoms with van der Waals surface area (Å²) in [5, 5.41) is 25.6.